The second-order valence-electron chi connectivity index (χ2n) is 4.72. The molecule has 0 heterocycles. The van der Waals surface area contributed by atoms with E-state index in [1.54, 1.807) is 30.3 Å². The van der Waals surface area contributed by atoms with Crippen molar-refractivity contribution in [3.8, 4) is 5.75 Å². The third-order valence-electron chi connectivity index (χ3n) is 2.82. The molecule has 0 fully saturated rings. The molecular weight excluding hydrogens is 379 g/mol. The quantitative estimate of drug-likeness (QED) is 0.161. The summed E-state index contributed by atoms with van der Waals surface area (Å²) < 4.78 is 9.70. The Morgan fingerprint density at radius 1 is 1.13 bits per heavy atom. The predicted octanol–water partition coefficient (Wildman–Crippen LogP) is 4.60. The Morgan fingerprint density at radius 2 is 1.78 bits per heavy atom. The normalized spacial score (nSPS) is 11.5. The first-order valence-electron chi connectivity index (χ1n) is 6.93. The minimum absolute atomic E-state index is 0.277. The van der Waals surface area contributed by atoms with Crippen LogP contribution in [0.1, 0.15) is 24.8 Å². The van der Waals surface area contributed by atoms with E-state index >= 15 is 0 Å². The molecule has 0 N–H and O–H groups in total. The average Bonchev–Trinajstić information content (AvgIpc) is 2.49. The number of methoxy groups -OCH3 is 1. The van der Waals surface area contributed by atoms with Crippen molar-refractivity contribution in [1.82, 2.24) is 0 Å². The van der Waals surface area contributed by atoms with Gasteiger partial charge in [-0.1, -0.05) is 18.6 Å². The molecule has 0 spiro atoms. The van der Waals surface area contributed by atoms with E-state index < -0.39 is 12.0 Å². The zero-order valence-corrected chi connectivity index (χ0v) is 15.8. The van der Waals surface area contributed by atoms with Gasteiger partial charge in [0.25, 0.3) is 0 Å². The van der Waals surface area contributed by atoms with Gasteiger partial charge in [-0.25, -0.2) is 4.79 Å². The topological polar surface area (TPSA) is 52.6 Å². The minimum atomic E-state index is -2.60. The number of esters is 2. The first-order chi connectivity index (χ1) is 10.8. The molecule has 1 aromatic rings. The number of hydrogen-bond donors (Lipinski definition) is 0. The predicted molar refractivity (Wildman–Crippen MR) is 95.1 cm³/mol. The summed E-state index contributed by atoms with van der Waals surface area (Å²) in [6.07, 6.45) is 4.51. The number of ether oxygens (including phenoxy) is 2. The third-order valence-corrected chi connectivity index (χ3v) is 5.44. The van der Waals surface area contributed by atoms with E-state index in [0.717, 1.165) is 5.56 Å². The Kier molecular flexibility index (Phi) is 8.69. The molecule has 0 aliphatic rings. The maximum absolute atomic E-state index is 11.7. The Balaban J connectivity index is 2.38. The first kappa shape index (κ1) is 20.0. The zero-order chi connectivity index (χ0) is 17.3. The van der Waals surface area contributed by atoms with E-state index in [1.165, 1.54) is 13.2 Å². The van der Waals surface area contributed by atoms with Gasteiger partial charge in [0, 0.05) is 12.5 Å². The maximum Gasteiger partial charge on any atom is 0.341 e. The Morgan fingerprint density at radius 3 is 2.35 bits per heavy atom. The molecule has 0 radical (unpaired) electrons. The lowest BCUT2D eigenvalue weighted by Crippen LogP contribution is -2.10. The van der Waals surface area contributed by atoms with Crippen LogP contribution in [0.5, 0.6) is 5.75 Å². The van der Waals surface area contributed by atoms with Crippen molar-refractivity contribution in [2.75, 3.05) is 7.11 Å². The van der Waals surface area contributed by atoms with Crippen molar-refractivity contribution in [1.29, 1.82) is 0 Å². The molecule has 0 atom stereocenters. The van der Waals surface area contributed by atoms with Crippen molar-refractivity contribution in [2.24, 2.45) is 0 Å². The second-order valence-corrected chi connectivity index (χ2v) is 14.0. The molecular formula is C15H17Cl3O4Si. The lowest BCUT2D eigenvalue weighted by Gasteiger charge is -2.07. The van der Waals surface area contributed by atoms with Gasteiger partial charge in [-0.15, -0.1) is 33.2 Å². The average molecular weight is 396 g/mol. The summed E-state index contributed by atoms with van der Waals surface area (Å²) in [5, 5.41) is 0. The van der Waals surface area contributed by atoms with E-state index in [1.807, 2.05) is 0 Å². The lowest BCUT2D eigenvalue weighted by atomic mass is 10.2. The number of carbonyl (C=O) groups excluding carboxylic acids is 2. The largest absolute Gasteiger partial charge is 0.466 e. The van der Waals surface area contributed by atoms with Crippen LogP contribution >= 0.6 is 33.2 Å². The van der Waals surface area contributed by atoms with E-state index in [0.29, 0.717) is 24.6 Å². The summed E-state index contributed by atoms with van der Waals surface area (Å²) in [7, 11) is 1.31. The highest BCUT2D eigenvalue weighted by Crippen LogP contribution is 2.27. The molecule has 1 aromatic carbocycles. The summed E-state index contributed by atoms with van der Waals surface area (Å²) in [6.45, 7) is 0. The van der Waals surface area contributed by atoms with Gasteiger partial charge in [0.05, 0.1) is 7.11 Å². The molecule has 0 amide bonds. The molecule has 0 unspecified atom stereocenters. The van der Waals surface area contributed by atoms with Crippen LogP contribution in [-0.2, 0) is 14.3 Å². The van der Waals surface area contributed by atoms with Gasteiger partial charge in [0.2, 0.25) is 0 Å². The number of rotatable bonds is 8. The van der Waals surface area contributed by atoms with Gasteiger partial charge in [-0.05, 0) is 36.2 Å². The van der Waals surface area contributed by atoms with Crippen molar-refractivity contribution in [3.05, 3.63) is 35.9 Å². The summed E-state index contributed by atoms with van der Waals surface area (Å²) in [5.74, 6) is -0.312. The molecule has 126 valence electrons. The number of carbonyl (C=O) groups is 2. The van der Waals surface area contributed by atoms with Gasteiger partial charge in [-0.2, -0.15) is 0 Å². The molecule has 0 aliphatic heterocycles. The fourth-order valence-corrected chi connectivity index (χ4v) is 3.51. The third kappa shape index (κ3) is 9.66. The van der Waals surface area contributed by atoms with Crippen LogP contribution in [0.25, 0.3) is 6.08 Å². The Labute approximate surface area is 150 Å². The highest BCUT2D eigenvalue weighted by Gasteiger charge is 2.23. The number of benzene rings is 1. The Hall–Kier alpha value is -1.01. The van der Waals surface area contributed by atoms with Crippen molar-refractivity contribution < 1.29 is 19.1 Å². The van der Waals surface area contributed by atoms with Gasteiger partial charge >= 0.3 is 17.9 Å². The monoisotopic (exact) mass is 394 g/mol. The molecule has 0 aliphatic carbocycles. The minimum Gasteiger partial charge on any atom is -0.466 e. The first-order valence-corrected chi connectivity index (χ1v) is 12.2. The summed E-state index contributed by atoms with van der Waals surface area (Å²) in [6, 6.07) is 4.71. The fraction of sp³-hybridized carbons (Fsp3) is 0.333. The summed E-state index contributed by atoms with van der Waals surface area (Å²) >= 11 is 17.3. The lowest BCUT2D eigenvalue weighted by molar-refractivity contribution is -0.135. The van der Waals surface area contributed by atoms with E-state index in [2.05, 4.69) is 4.74 Å². The van der Waals surface area contributed by atoms with Gasteiger partial charge in [0.15, 0.2) is 0 Å². The van der Waals surface area contributed by atoms with Crippen LogP contribution in [0.3, 0.4) is 0 Å². The summed E-state index contributed by atoms with van der Waals surface area (Å²) in [5.41, 5.74) is 0.794. The molecule has 1 rings (SSSR count). The fourth-order valence-electron chi connectivity index (χ4n) is 1.66. The number of halogens is 3. The van der Waals surface area contributed by atoms with E-state index in [4.69, 9.17) is 38.0 Å². The van der Waals surface area contributed by atoms with Crippen LogP contribution in [0.2, 0.25) is 6.04 Å². The Bertz CT molecular complexity index is 553. The zero-order valence-electron chi connectivity index (χ0n) is 12.6. The van der Waals surface area contributed by atoms with Gasteiger partial charge < -0.3 is 9.47 Å². The molecule has 23 heavy (non-hydrogen) atoms. The molecule has 0 bridgehead atoms. The van der Waals surface area contributed by atoms with Crippen LogP contribution in [0.4, 0.5) is 0 Å². The summed E-state index contributed by atoms with van der Waals surface area (Å²) in [4.78, 5) is 22.7. The standard InChI is InChI=1S/C15H17Cl3O4Si/c1-21-14(19)10-7-12-5-8-13(9-6-12)22-15(20)4-2-3-11-23(16,17)18/h5-10H,2-4,11H2,1H3. The highest BCUT2D eigenvalue weighted by atomic mass is 35.8. The number of unbranched alkanes of at least 4 members (excludes halogenated alkanes) is 1. The SMILES string of the molecule is COC(=O)C=Cc1ccc(OC(=O)CCCC[Si](Cl)(Cl)Cl)cc1. The van der Waals surface area contributed by atoms with Crippen LogP contribution in [0.15, 0.2) is 30.3 Å². The molecule has 0 saturated carbocycles. The van der Waals surface area contributed by atoms with Crippen molar-refractivity contribution in [3.63, 3.8) is 0 Å². The second kappa shape index (κ2) is 9.98. The van der Waals surface area contributed by atoms with Crippen LogP contribution in [-0.4, -0.2) is 25.1 Å². The smallest absolute Gasteiger partial charge is 0.341 e. The molecule has 0 saturated heterocycles. The van der Waals surface area contributed by atoms with Crippen LogP contribution < -0.4 is 4.74 Å². The van der Waals surface area contributed by atoms with Gasteiger partial charge in [0.1, 0.15) is 5.75 Å². The van der Waals surface area contributed by atoms with Crippen molar-refractivity contribution >= 4 is 57.3 Å². The molecule has 8 heteroatoms. The molecule has 0 aromatic heterocycles. The molecule has 4 nitrogen and oxygen atoms in total. The van der Waals surface area contributed by atoms with Crippen LogP contribution in [0, 0.1) is 0 Å². The van der Waals surface area contributed by atoms with E-state index in [9.17, 15) is 9.59 Å². The highest BCUT2D eigenvalue weighted by molar-refractivity contribution is 7.64. The van der Waals surface area contributed by atoms with Crippen molar-refractivity contribution in [2.45, 2.75) is 25.3 Å². The number of hydrogen-bond acceptors (Lipinski definition) is 4. The van der Waals surface area contributed by atoms with E-state index in [-0.39, 0.29) is 12.4 Å². The maximum atomic E-state index is 11.7. The van der Waals surface area contributed by atoms with Gasteiger partial charge in [-0.3, -0.25) is 4.79 Å².